The van der Waals surface area contributed by atoms with Crippen molar-refractivity contribution in [1.29, 1.82) is 0 Å². The third kappa shape index (κ3) is 2.83. The molecule has 1 saturated heterocycles. The Morgan fingerprint density at radius 2 is 2.04 bits per heavy atom. The molecule has 5 heteroatoms. The topological polar surface area (TPSA) is 87.0 Å². The van der Waals surface area contributed by atoms with Gasteiger partial charge in [-0.25, -0.2) is 0 Å². The molecule has 144 valence electrons. The summed E-state index contributed by atoms with van der Waals surface area (Å²) in [7, 11) is 0. The summed E-state index contributed by atoms with van der Waals surface area (Å²) in [6.07, 6.45) is 4.74. The molecule has 5 nitrogen and oxygen atoms in total. The van der Waals surface area contributed by atoms with Crippen LogP contribution in [0.1, 0.15) is 65.7 Å². The van der Waals surface area contributed by atoms with Gasteiger partial charge >= 0.3 is 5.97 Å². The monoisotopic (exact) mass is 354 g/mol. The number of hydrogen-bond acceptors (Lipinski definition) is 5. The molecule has 0 aromatic heterocycles. The highest BCUT2D eigenvalue weighted by atomic mass is 16.5. The molecule has 1 aliphatic heterocycles. The molecule has 0 radical (unpaired) electrons. The molecule has 25 heavy (non-hydrogen) atoms. The summed E-state index contributed by atoms with van der Waals surface area (Å²) in [5.74, 6) is 0.549. The van der Waals surface area contributed by atoms with Crippen LogP contribution in [0.5, 0.6) is 0 Å². The molecule has 0 aromatic rings. The fourth-order valence-electron chi connectivity index (χ4n) is 6.25. The quantitative estimate of drug-likeness (QED) is 0.674. The predicted molar refractivity (Wildman–Crippen MR) is 93.7 cm³/mol. The van der Waals surface area contributed by atoms with Crippen molar-refractivity contribution in [3.8, 4) is 0 Å². The summed E-state index contributed by atoms with van der Waals surface area (Å²) in [6, 6.07) is 0. The molecule has 0 bridgehead atoms. The van der Waals surface area contributed by atoms with Gasteiger partial charge in [0.25, 0.3) is 0 Å². The summed E-state index contributed by atoms with van der Waals surface area (Å²) >= 11 is 0. The fraction of sp³-hybridized carbons (Fsp3) is 0.950. The van der Waals surface area contributed by atoms with Crippen molar-refractivity contribution in [3.63, 3.8) is 0 Å². The lowest BCUT2D eigenvalue weighted by Crippen LogP contribution is -2.68. The maximum absolute atomic E-state index is 11.4. The van der Waals surface area contributed by atoms with Gasteiger partial charge in [-0.2, -0.15) is 0 Å². The Hall–Kier alpha value is -0.650. The van der Waals surface area contributed by atoms with Gasteiger partial charge in [-0.05, 0) is 56.3 Å². The molecular weight excluding hydrogens is 320 g/mol. The normalized spacial score (nSPS) is 50.4. The second-order valence-corrected chi connectivity index (χ2v) is 9.37. The smallest absolute Gasteiger partial charge is 0.306 e. The molecular formula is C20H34O5. The number of fused-ring (bicyclic) bond motifs is 1. The van der Waals surface area contributed by atoms with E-state index in [0.29, 0.717) is 31.8 Å². The Morgan fingerprint density at radius 3 is 2.64 bits per heavy atom. The number of hydrogen-bond donors (Lipinski definition) is 3. The van der Waals surface area contributed by atoms with E-state index in [9.17, 15) is 20.1 Å². The number of carbonyl (C=O) groups is 1. The van der Waals surface area contributed by atoms with Crippen LogP contribution in [-0.2, 0) is 9.53 Å². The molecule has 1 heterocycles. The number of rotatable bonds is 4. The third-order valence-corrected chi connectivity index (χ3v) is 8.16. The zero-order chi connectivity index (χ0) is 18.5. The van der Waals surface area contributed by atoms with Gasteiger partial charge in [0, 0.05) is 5.92 Å². The van der Waals surface area contributed by atoms with Crippen LogP contribution >= 0.6 is 0 Å². The molecule has 0 unspecified atom stereocenters. The number of carbonyl (C=O) groups excluding carboxylic acids is 1. The van der Waals surface area contributed by atoms with Crippen molar-refractivity contribution in [1.82, 2.24) is 0 Å². The summed E-state index contributed by atoms with van der Waals surface area (Å²) in [5.41, 5.74) is -1.98. The largest absolute Gasteiger partial charge is 0.465 e. The molecule has 0 amide bonds. The van der Waals surface area contributed by atoms with E-state index in [1.165, 1.54) is 0 Å². The average molecular weight is 354 g/mol. The molecule has 2 saturated carbocycles. The standard InChI is InChI=1S/C20H34O5/c1-13-9-16(22)20(12-21)15(5-4-7-19(20,3)24)18(13,2)8-6-14-10-17(23)25-11-14/h13-16,21-22,24H,4-12H2,1-3H3/t13-,14-,15-,16+,18+,19-,20+/m1/s1. The summed E-state index contributed by atoms with van der Waals surface area (Å²) in [6.45, 7) is 6.57. The number of aliphatic hydroxyl groups excluding tert-OH is 2. The van der Waals surface area contributed by atoms with Crippen LogP contribution in [0.3, 0.4) is 0 Å². The first-order valence-electron chi connectivity index (χ1n) is 9.84. The Kier molecular flexibility index (Phi) is 4.97. The Bertz CT molecular complexity index is 518. The van der Waals surface area contributed by atoms with Gasteiger partial charge in [-0.3, -0.25) is 4.79 Å². The lowest BCUT2D eigenvalue weighted by molar-refractivity contribution is -0.262. The molecule has 3 rings (SSSR count). The second-order valence-electron chi connectivity index (χ2n) is 9.37. The van der Waals surface area contributed by atoms with Crippen LogP contribution in [0, 0.1) is 28.6 Å². The highest BCUT2D eigenvalue weighted by molar-refractivity contribution is 5.71. The lowest BCUT2D eigenvalue weighted by atomic mass is 9.42. The van der Waals surface area contributed by atoms with E-state index >= 15 is 0 Å². The van der Waals surface area contributed by atoms with E-state index in [0.717, 1.165) is 25.7 Å². The molecule has 3 fully saturated rings. The van der Waals surface area contributed by atoms with E-state index in [4.69, 9.17) is 4.74 Å². The van der Waals surface area contributed by atoms with Crippen molar-refractivity contribution in [3.05, 3.63) is 0 Å². The van der Waals surface area contributed by atoms with Crippen LogP contribution in [0.4, 0.5) is 0 Å². The minimum Gasteiger partial charge on any atom is -0.465 e. The van der Waals surface area contributed by atoms with E-state index in [2.05, 4.69) is 13.8 Å². The fourth-order valence-corrected chi connectivity index (χ4v) is 6.25. The first-order valence-corrected chi connectivity index (χ1v) is 9.84. The van der Waals surface area contributed by atoms with E-state index in [1.54, 1.807) is 6.92 Å². The van der Waals surface area contributed by atoms with Crippen LogP contribution < -0.4 is 0 Å². The maximum Gasteiger partial charge on any atom is 0.306 e. The average Bonchev–Trinajstić information content (AvgIpc) is 2.96. The van der Waals surface area contributed by atoms with Gasteiger partial charge in [0.1, 0.15) is 0 Å². The molecule has 0 aromatic carbocycles. The number of esters is 1. The van der Waals surface area contributed by atoms with Gasteiger partial charge in [0.2, 0.25) is 0 Å². The maximum atomic E-state index is 11.4. The highest BCUT2D eigenvalue weighted by Gasteiger charge is 2.66. The van der Waals surface area contributed by atoms with Crippen LogP contribution in [0.15, 0.2) is 0 Å². The number of aliphatic hydroxyl groups is 3. The van der Waals surface area contributed by atoms with Gasteiger partial charge in [0.15, 0.2) is 0 Å². The molecule has 2 aliphatic carbocycles. The van der Waals surface area contributed by atoms with E-state index in [-0.39, 0.29) is 29.8 Å². The van der Waals surface area contributed by atoms with Crippen molar-refractivity contribution >= 4 is 5.97 Å². The highest BCUT2D eigenvalue weighted by Crippen LogP contribution is 2.64. The molecule has 3 aliphatic rings. The molecule has 3 N–H and O–H groups in total. The Balaban J connectivity index is 1.88. The first kappa shape index (κ1) is 19.1. The van der Waals surface area contributed by atoms with Crippen LogP contribution in [0.25, 0.3) is 0 Å². The minimum atomic E-state index is -1.06. The minimum absolute atomic E-state index is 0.0714. The first-order chi connectivity index (χ1) is 11.7. The second kappa shape index (κ2) is 6.50. The molecule has 7 atom stereocenters. The van der Waals surface area contributed by atoms with E-state index in [1.807, 2.05) is 0 Å². The third-order valence-electron chi connectivity index (χ3n) is 8.16. The Morgan fingerprint density at radius 1 is 1.32 bits per heavy atom. The van der Waals surface area contributed by atoms with Crippen molar-refractivity contribution in [2.24, 2.45) is 28.6 Å². The number of ether oxygens (including phenoxy) is 1. The summed E-state index contributed by atoms with van der Waals surface area (Å²) < 4.78 is 5.10. The summed E-state index contributed by atoms with van der Waals surface area (Å²) in [4.78, 5) is 11.4. The van der Waals surface area contributed by atoms with Crippen LogP contribution in [-0.4, -0.2) is 46.2 Å². The number of cyclic esters (lactones) is 1. The Labute approximate surface area is 150 Å². The predicted octanol–water partition coefficient (Wildman–Crippen LogP) is 2.27. The van der Waals surface area contributed by atoms with Gasteiger partial charge in [-0.15, -0.1) is 0 Å². The van der Waals surface area contributed by atoms with Gasteiger partial charge < -0.3 is 20.1 Å². The van der Waals surface area contributed by atoms with Crippen LogP contribution in [0.2, 0.25) is 0 Å². The van der Waals surface area contributed by atoms with Gasteiger partial charge in [-0.1, -0.05) is 20.3 Å². The van der Waals surface area contributed by atoms with Crippen molar-refractivity contribution < 1.29 is 24.9 Å². The van der Waals surface area contributed by atoms with Crippen molar-refractivity contribution in [2.45, 2.75) is 77.4 Å². The summed E-state index contributed by atoms with van der Waals surface area (Å²) in [5, 5.41) is 32.4. The van der Waals surface area contributed by atoms with Crippen molar-refractivity contribution in [2.75, 3.05) is 13.2 Å². The zero-order valence-corrected chi connectivity index (χ0v) is 15.8. The SMILES string of the molecule is C[C@@H]1C[C@H](O)[C@]2(CO)[C@H](CCC[C@@]2(C)O)[C@@]1(C)CC[C@H]1COC(=O)C1. The molecule has 0 spiro atoms. The van der Waals surface area contributed by atoms with E-state index < -0.39 is 17.1 Å². The van der Waals surface area contributed by atoms with Gasteiger partial charge in [0.05, 0.1) is 36.8 Å². The lowest BCUT2D eigenvalue weighted by Gasteiger charge is -2.65. The zero-order valence-electron chi connectivity index (χ0n) is 15.8.